The topological polar surface area (TPSA) is 51.1 Å². The number of hydrogen-bond donors (Lipinski definition) is 1. The molecule has 0 aliphatic carbocycles. The molecule has 1 N–H and O–H groups in total. The summed E-state index contributed by atoms with van der Waals surface area (Å²) in [5.41, 5.74) is 0.566. The second kappa shape index (κ2) is 4.60. The van der Waals surface area contributed by atoms with Crippen LogP contribution in [0.1, 0.15) is 24.3 Å². The van der Waals surface area contributed by atoms with Crippen LogP contribution >= 0.6 is 0 Å². The molecule has 0 bridgehead atoms. The van der Waals surface area contributed by atoms with Gasteiger partial charge in [0.15, 0.2) is 5.78 Å². The Balaban J connectivity index is 2.71. The molecule has 4 heteroatoms. The molecule has 1 aromatic rings. The summed E-state index contributed by atoms with van der Waals surface area (Å²) >= 11 is 0. The van der Waals surface area contributed by atoms with Gasteiger partial charge in [0, 0.05) is 19.7 Å². The minimum Gasteiger partial charge on any atom is -0.355 e. The highest BCUT2D eigenvalue weighted by atomic mass is 16.2. The third-order valence-corrected chi connectivity index (χ3v) is 1.88. The predicted molar refractivity (Wildman–Crippen MR) is 53.1 cm³/mol. The van der Waals surface area contributed by atoms with Gasteiger partial charge in [-0.15, -0.1) is 0 Å². The van der Waals surface area contributed by atoms with Crippen LogP contribution < -0.4 is 5.32 Å². The highest BCUT2D eigenvalue weighted by Gasteiger charge is 2.08. The molecule has 1 heterocycles. The molecule has 0 aromatic carbocycles. The second-order valence-corrected chi connectivity index (χ2v) is 3.03. The van der Waals surface area contributed by atoms with E-state index in [9.17, 15) is 9.59 Å². The molecule has 0 atom stereocenters. The van der Waals surface area contributed by atoms with E-state index in [1.807, 2.05) is 6.92 Å². The molecule has 0 spiro atoms. The summed E-state index contributed by atoms with van der Waals surface area (Å²) in [6.45, 7) is 4.16. The summed E-state index contributed by atoms with van der Waals surface area (Å²) in [7, 11) is 0. The normalized spacial score (nSPS) is 9.86. The van der Waals surface area contributed by atoms with Crippen LogP contribution in [0.25, 0.3) is 0 Å². The van der Waals surface area contributed by atoms with Gasteiger partial charge < -0.3 is 9.88 Å². The lowest BCUT2D eigenvalue weighted by Gasteiger charge is -2.06. The maximum atomic E-state index is 11.2. The number of amides is 1. The number of nitrogens with zero attached hydrogens (tertiary/aromatic N) is 1. The van der Waals surface area contributed by atoms with Gasteiger partial charge >= 0.3 is 0 Å². The summed E-state index contributed by atoms with van der Waals surface area (Å²) in [6.07, 6.45) is 1.73. The fraction of sp³-hybridized carbons (Fsp3) is 0.400. The van der Waals surface area contributed by atoms with Crippen molar-refractivity contribution in [2.45, 2.75) is 20.4 Å². The maximum absolute atomic E-state index is 11.2. The molecule has 0 aliphatic rings. The number of aromatic nitrogens is 1. The summed E-state index contributed by atoms with van der Waals surface area (Å²) in [6, 6.07) is 3.47. The molecule has 1 rings (SSSR count). The summed E-state index contributed by atoms with van der Waals surface area (Å²) in [5, 5.41) is 2.68. The lowest BCUT2D eigenvalue weighted by molar-refractivity contribution is -0.121. The first-order valence-corrected chi connectivity index (χ1v) is 4.58. The summed E-state index contributed by atoms with van der Waals surface area (Å²) < 4.78 is 1.65. The van der Waals surface area contributed by atoms with Crippen LogP contribution in [0.3, 0.4) is 0 Å². The van der Waals surface area contributed by atoms with Crippen LogP contribution in [0.4, 0.5) is 0 Å². The van der Waals surface area contributed by atoms with Crippen LogP contribution in [0, 0.1) is 0 Å². The zero-order valence-electron chi connectivity index (χ0n) is 8.41. The van der Waals surface area contributed by atoms with Crippen LogP contribution in [0.5, 0.6) is 0 Å². The molecule has 0 saturated heterocycles. The number of carbonyl (C=O) groups excluding carboxylic acids is 2. The van der Waals surface area contributed by atoms with Crippen molar-refractivity contribution < 1.29 is 9.59 Å². The highest BCUT2D eigenvalue weighted by molar-refractivity contribution is 5.93. The van der Waals surface area contributed by atoms with Gasteiger partial charge in [0.1, 0.15) is 6.54 Å². The highest BCUT2D eigenvalue weighted by Crippen LogP contribution is 2.02. The maximum Gasteiger partial charge on any atom is 0.239 e. The summed E-state index contributed by atoms with van der Waals surface area (Å²) in [5.74, 6) is -0.106. The van der Waals surface area contributed by atoms with Crippen LogP contribution in [0.2, 0.25) is 0 Å². The lowest BCUT2D eigenvalue weighted by Crippen LogP contribution is -2.27. The van der Waals surface area contributed by atoms with Crippen molar-refractivity contribution in [2.75, 3.05) is 6.54 Å². The molecule has 76 valence electrons. The van der Waals surface area contributed by atoms with Crippen molar-refractivity contribution in [3.63, 3.8) is 0 Å². The van der Waals surface area contributed by atoms with Gasteiger partial charge in [-0.25, -0.2) is 0 Å². The van der Waals surface area contributed by atoms with E-state index in [0.29, 0.717) is 12.2 Å². The first-order chi connectivity index (χ1) is 6.65. The van der Waals surface area contributed by atoms with E-state index in [4.69, 9.17) is 0 Å². The van der Waals surface area contributed by atoms with Crippen LogP contribution in [-0.2, 0) is 11.3 Å². The average Bonchev–Trinajstić information content (AvgIpc) is 2.52. The number of likely N-dealkylation sites (N-methyl/N-ethyl adjacent to an activating group) is 1. The summed E-state index contributed by atoms with van der Waals surface area (Å²) in [4.78, 5) is 22.4. The molecule has 0 fully saturated rings. The van der Waals surface area contributed by atoms with E-state index in [-0.39, 0.29) is 18.2 Å². The Morgan fingerprint density at radius 3 is 2.79 bits per heavy atom. The van der Waals surface area contributed by atoms with Crippen molar-refractivity contribution in [1.29, 1.82) is 0 Å². The lowest BCUT2D eigenvalue weighted by atomic mass is 10.3. The van der Waals surface area contributed by atoms with E-state index < -0.39 is 0 Å². The second-order valence-electron chi connectivity index (χ2n) is 3.03. The molecule has 14 heavy (non-hydrogen) atoms. The van der Waals surface area contributed by atoms with Gasteiger partial charge in [0.25, 0.3) is 0 Å². The fourth-order valence-corrected chi connectivity index (χ4v) is 1.28. The molecule has 0 unspecified atom stereocenters. The molecule has 0 radical (unpaired) electrons. The minimum atomic E-state index is -0.0776. The smallest absolute Gasteiger partial charge is 0.239 e. The zero-order chi connectivity index (χ0) is 10.6. The van der Waals surface area contributed by atoms with Gasteiger partial charge in [0.2, 0.25) is 5.91 Å². The number of rotatable bonds is 4. The Hall–Kier alpha value is -1.58. The molecule has 0 aliphatic heterocycles. The molecular formula is C10H14N2O2. The zero-order valence-corrected chi connectivity index (χ0v) is 8.41. The standard InChI is InChI=1S/C10H14N2O2/c1-3-11-10(14)7-12-6-4-5-9(12)8(2)13/h4-6H,3,7H2,1-2H3,(H,11,14). The largest absolute Gasteiger partial charge is 0.355 e. The quantitative estimate of drug-likeness (QED) is 0.722. The first kappa shape index (κ1) is 10.5. The minimum absolute atomic E-state index is 0.0284. The van der Waals surface area contributed by atoms with E-state index in [1.165, 1.54) is 6.92 Å². The SMILES string of the molecule is CCNC(=O)Cn1cccc1C(C)=O. The Morgan fingerprint density at radius 2 is 2.21 bits per heavy atom. The number of hydrogen-bond acceptors (Lipinski definition) is 2. The number of ketones is 1. The Morgan fingerprint density at radius 1 is 1.50 bits per heavy atom. The van der Waals surface area contributed by atoms with Gasteiger partial charge in [-0.3, -0.25) is 9.59 Å². The number of Topliss-reactive ketones (excluding diaryl/α,β-unsaturated/α-hetero) is 1. The van der Waals surface area contributed by atoms with Crippen LogP contribution in [-0.4, -0.2) is 22.8 Å². The van der Waals surface area contributed by atoms with Gasteiger partial charge in [-0.2, -0.15) is 0 Å². The molecule has 0 saturated carbocycles. The van der Waals surface area contributed by atoms with E-state index in [0.717, 1.165) is 0 Å². The number of carbonyl (C=O) groups is 2. The fourth-order valence-electron chi connectivity index (χ4n) is 1.28. The third kappa shape index (κ3) is 2.45. The first-order valence-electron chi connectivity index (χ1n) is 4.58. The predicted octanol–water partition coefficient (Wildman–Crippen LogP) is 0.827. The Labute approximate surface area is 82.9 Å². The third-order valence-electron chi connectivity index (χ3n) is 1.88. The number of nitrogens with one attached hydrogen (secondary N) is 1. The van der Waals surface area contributed by atoms with Gasteiger partial charge in [-0.1, -0.05) is 0 Å². The molecule has 4 nitrogen and oxygen atoms in total. The van der Waals surface area contributed by atoms with Crippen molar-refractivity contribution in [3.05, 3.63) is 24.0 Å². The Bertz CT molecular complexity index is 342. The van der Waals surface area contributed by atoms with E-state index in [2.05, 4.69) is 5.32 Å². The molecular weight excluding hydrogens is 180 g/mol. The Kier molecular flexibility index (Phi) is 3.45. The van der Waals surface area contributed by atoms with E-state index in [1.54, 1.807) is 22.9 Å². The molecule has 1 amide bonds. The van der Waals surface area contributed by atoms with Crippen molar-refractivity contribution in [2.24, 2.45) is 0 Å². The van der Waals surface area contributed by atoms with Gasteiger partial charge in [-0.05, 0) is 19.1 Å². The van der Waals surface area contributed by atoms with Crippen LogP contribution in [0.15, 0.2) is 18.3 Å². The monoisotopic (exact) mass is 194 g/mol. The molecule has 1 aromatic heterocycles. The van der Waals surface area contributed by atoms with Crippen molar-refractivity contribution in [3.8, 4) is 0 Å². The average molecular weight is 194 g/mol. The van der Waals surface area contributed by atoms with E-state index >= 15 is 0 Å². The van der Waals surface area contributed by atoms with Gasteiger partial charge in [0.05, 0.1) is 5.69 Å². The van der Waals surface area contributed by atoms with Crippen molar-refractivity contribution in [1.82, 2.24) is 9.88 Å². The van der Waals surface area contributed by atoms with Crippen molar-refractivity contribution >= 4 is 11.7 Å².